The minimum absolute atomic E-state index is 0.0648. The van der Waals surface area contributed by atoms with Crippen LogP contribution in [-0.4, -0.2) is 35.7 Å². The topological polar surface area (TPSA) is 49.8 Å². The van der Waals surface area contributed by atoms with Gasteiger partial charge in [0.2, 0.25) is 5.91 Å². The number of benzene rings is 2. The summed E-state index contributed by atoms with van der Waals surface area (Å²) in [6.07, 6.45) is 3.67. The highest BCUT2D eigenvalue weighted by Gasteiger charge is 2.29. The highest BCUT2D eigenvalue weighted by atomic mass is 16.5. The minimum atomic E-state index is -0.342. The van der Waals surface area contributed by atoms with Gasteiger partial charge in [0, 0.05) is 19.0 Å². The molecule has 1 aliphatic carbocycles. The van der Waals surface area contributed by atoms with Gasteiger partial charge in [-0.1, -0.05) is 48.4 Å². The van der Waals surface area contributed by atoms with Gasteiger partial charge in [-0.25, -0.2) is 0 Å². The fourth-order valence-electron chi connectivity index (χ4n) is 3.88. The van der Waals surface area contributed by atoms with E-state index in [0.717, 1.165) is 37.0 Å². The van der Waals surface area contributed by atoms with Crippen LogP contribution in [0.3, 0.4) is 0 Å². The fourth-order valence-corrected chi connectivity index (χ4v) is 3.88. The van der Waals surface area contributed by atoms with E-state index in [1.54, 1.807) is 7.11 Å². The van der Waals surface area contributed by atoms with Crippen molar-refractivity contribution in [2.75, 3.05) is 13.7 Å². The van der Waals surface area contributed by atoms with E-state index >= 15 is 0 Å². The molecule has 28 heavy (non-hydrogen) atoms. The molecule has 2 atom stereocenters. The Hall–Kier alpha value is -2.33. The van der Waals surface area contributed by atoms with Crippen LogP contribution in [0.1, 0.15) is 42.4 Å². The van der Waals surface area contributed by atoms with Crippen LogP contribution in [0.5, 0.6) is 5.75 Å². The molecule has 0 saturated heterocycles. The molecule has 150 valence electrons. The number of nitrogens with zero attached hydrogens (tertiary/aromatic N) is 1. The lowest BCUT2D eigenvalue weighted by molar-refractivity contribution is -0.138. The van der Waals surface area contributed by atoms with E-state index < -0.39 is 0 Å². The molecule has 4 heteroatoms. The van der Waals surface area contributed by atoms with Crippen molar-refractivity contribution < 1.29 is 14.6 Å². The summed E-state index contributed by atoms with van der Waals surface area (Å²) >= 11 is 0. The summed E-state index contributed by atoms with van der Waals surface area (Å²) in [6.45, 7) is 3.35. The Kier molecular flexibility index (Phi) is 7.10. The normalized spacial score (nSPS) is 19.2. The van der Waals surface area contributed by atoms with E-state index in [2.05, 4.69) is 43.3 Å². The standard InChI is InChI=1S/C24H31NO3/c1-18-6-8-20(9-7-18)17-25(24(27)21-4-3-5-22(26)16-21)15-14-19-10-12-23(28-2)13-11-19/h6-13,21-22,26H,3-5,14-17H2,1-2H3/t21-,22+/m1/s1. The first-order valence-electron chi connectivity index (χ1n) is 10.2. The van der Waals surface area contributed by atoms with Crippen molar-refractivity contribution in [3.63, 3.8) is 0 Å². The van der Waals surface area contributed by atoms with Crippen LogP contribution in [0, 0.1) is 12.8 Å². The molecule has 1 aliphatic rings. The van der Waals surface area contributed by atoms with Gasteiger partial charge >= 0.3 is 0 Å². The Morgan fingerprint density at radius 2 is 1.75 bits per heavy atom. The maximum atomic E-state index is 13.2. The van der Waals surface area contributed by atoms with E-state index in [-0.39, 0.29) is 17.9 Å². The third-order valence-electron chi connectivity index (χ3n) is 5.63. The molecule has 0 heterocycles. The maximum absolute atomic E-state index is 13.2. The molecule has 1 amide bonds. The summed E-state index contributed by atoms with van der Waals surface area (Å²) in [7, 11) is 1.66. The van der Waals surface area contributed by atoms with Gasteiger partial charge in [-0.15, -0.1) is 0 Å². The molecular formula is C24H31NO3. The number of carbonyl (C=O) groups is 1. The number of hydrogen-bond donors (Lipinski definition) is 1. The minimum Gasteiger partial charge on any atom is -0.497 e. The molecule has 4 nitrogen and oxygen atoms in total. The summed E-state index contributed by atoms with van der Waals surface area (Å²) < 4.78 is 5.22. The lowest BCUT2D eigenvalue weighted by atomic mass is 9.86. The van der Waals surface area contributed by atoms with Crippen LogP contribution in [0.2, 0.25) is 0 Å². The highest BCUT2D eigenvalue weighted by molar-refractivity contribution is 5.79. The van der Waals surface area contributed by atoms with Gasteiger partial charge in [-0.05, 0) is 55.9 Å². The second-order valence-electron chi connectivity index (χ2n) is 7.86. The van der Waals surface area contributed by atoms with E-state index in [1.165, 1.54) is 11.1 Å². The van der Waals surface area contributed by atoms with Gasteiger partial charge < -0.3 is 14.7 Å². The third-order valence-corrected chi connectivity index (χ3v) is 5.63. The highest BCUT2D eigenvalue weighted by Crippen LogP contribution is 2.27. The van der Waals surface area contributed by atoms with E-state index in [4.69, 9.17) is 4.74 Å². The first-order valence-corrected chi connectivity index (χ1v) is 10.2. The maximum Gasteiger partial charge on any atom is 0.226 e. The quantitative estimate of drug-likeness (QED) is 0.785. The van der Waals surface area contributed by atoms with Crippen LogP contribution >= 0.6 is 0 Å². The average molecular weight is 382 g/mol. The first-order chi connectivity index (χ1) is 13.5. The van der Waals surface area contributed by atoms with E-state index in [9.17, 15) is 9.90 Å². The average Bonchev–Trinajstić information content (AvgIpc) is 2.72. The Bertz CT molecular complexity index is 754. The summed E-state index contributed by atoms with van der Waals surface area (Å²) in [5.41, 5.74) is 3.55. The van der Waals surface area contributed by atoms with Crippen LogP contribution in [0.25, 0.3) is 0 Å². The molecule has 0 aromatic heterocycles. The lowest BCUT2D eigenvalue weighted by Gasteiger charge is -2.31. The number of aryl methyl sites for hydroxylation is 1. The van der Waals surface area contributed by atoms with Crippen LogP contribution in [0.4, 0.5) is 0 Å². The zero-order chi connectivity index (χ0) is 19.9. The number of carbonyl (C=O) groups excluding carboxylic acids is 1. The van der Waals surface area contributed by atoms with Crippen LogP contribution in [-0.2, 0) is 17.8 Å². The molecule has 0 bridgehead atoms. The number of aliphatic hydroxyl groups excluding tert-OH is 1. The predicted octanol–water partition coefficient (Wildman–Crippen LogP) is 4.13. The van der Waals surface area contributed by atoms with Crippen LogP contribution < -0.4 is 4.74 Å². The molecule has 1 saturated carbocycles. The van der Waals surface area contributed by atoms with Crippen molar-refractivity contribution >= 4 is 5.91 Å². The second kappa shape index (κ2) is 9.74. The molecule has 2 aromatic carbocycles. The number of ether oxygens (including phenoxy) is 1. The van der Waals surface area contributed by atoms with E-state index in [1.807, 2.05) is 17.0 Å². The summed E-state index contributed by atoms with van der Waals surface area (Å²) in [6, 6.07) is 16.4. The van der Waals surface area contributed by atoms with Crippen molar-refractivity contribution in [1.82, 2.24) is 4.90 Å². The number of methoxy groups -OCH3 is 1. The van der Waals surface area contributed by atoms with Gasteiger partial charge in [0.05, 0.1) is 13.2 Å². The van der Waals surface area contributed by atoms with Gasteiger partial charge in [0.15, 0.2) is 0 Å². The molecule has 0 spiro atoms. The molecular weight excluding hydrogens is 350 g/mol. The van der Waals surface area contributed by atoms with Crippen molar-refractivity contribution in [3.05, 3.63) is 65.2 Å². The summed E-state index contributed by atoms with van der Waals surface area (Å²) in [5.74, 6) is 0.949. The lowest BCUT2D eigenvalue weighted by Crippen LogP contribution is -2.39. The van der Waals surface area contributed by atoms with Crippen molar-refractivity contribution in [1.29, 1.82) is 0 Å². The predicted molar refractivity (Wildman–Crippen MR) is 111 cm³/mol. The van der Waals surface area contributed by atoms with Crippen molar-refractivity contribution in [2.24, 2.45) is 5.92 Å². The van der Waals surface area contributed by atoms with E-state index in [0.29, 0.717) is 19.5 Å². The summed E-state index contributed by atoms with van der Waals surface area (Å²) in [4.78, 5) is 15.2. The summed E-state index contributed by atoms with van der Waals surface area (Å²) in [5, 5.41) is 10.0. The monoisotopic (exact) mass is 381 g/mol. The van der Waals surface area contributed by atoms with Gasteiger partial charge in [0.25, 0.3) is 0 Å². The Labute approximate surface area is 168 Å². The molecule has 2 aromatic rings. The molecule has 1 N–H and O–H groups in total. The van der Waals surface area contributed by atoms with Crippen molar-refractivity contribution in [3.8, 4) is 5.75 Å². The number of hydrogen-bond acceptors (Lipinski definition) is 3. The molecule has 0 unspecified atom stereocenters. The smallest absolute Gasteiger partial charge is 0.226 e. The number of rotatable bonds is 7. The number of amides is 1. The Morgan fingerprint density at radius 3 is 2.39 bits per heavy atom. The van der Waals surface area contributed by atoms with Gasteiger partial charge in [0.1, 0.15) is 5.75 Å². The Morgan fingerprint density at radius 1 is 1.07 bits per heavy atom. The van der Waals surface area contributed by atoms with Crippen molar-refractivity contribution in [2.45, 2.75) is 51.7 Å². The van der Waals surface area contributed by atoms with Gasteiger partial charge in [-0.3, -0.25) is 4.79 Å². The second-order valence-corrected chi connectivity index (χ2v) is 7.86. The SMILES string of the molecule is COc1ccc(CCN(Cc2ccc(C)cc2)C(=O)[C@@H]2CCC[C@H](O)C2)cc1. The Balaban J connectivity index is 1.70. The molecule has 3 rings (SSSR count). The van der Waals surface area contributed by atoms with Crippen LogP contribution in [0.15, 0.2) is 48.5 Å². The number of aliphatic hydroxyl groups is 1. The molecule has 1 fully saturated rings. The zero-order valence-electron chi connectivity index (χ0n) is 16.9. The molecule has 0 aliphatic heterocycles. The zero-order valence-corrected chi connectivity index (χ0v) is 16.9. The third kappa shape index (κ3) is 5.59. The fraction of sp³-hybridized carbons (Fsp3) is 0.458. The first kappa shape index (κ1) is 20.4. The molecule has 0 radical (unpaired) electrons. The largest absolute Gasteiger partial charge is 0.497 e. The van der Waals surface area contributed by atoms with Gasteiger partial charge in [-0.2, -0.15) is 0 Å².